The minimum atomic E-state index is 0.280. The second-order valence-electron chi connectivity index (χ2n) is 7.30. The van der Waals surface area contributed by atoms with Crippen LogP contribution in [0.2, 0.25) is 0 Å². The summed E-state index contributed by atoms with van der Waals surface area (Å²) in [6.45, 7) is 3.07. The van der Waals surface area contributed by atoms with Gasteiger partial charge in [0.25, 0.3) is 0 Å². The molecule has 22 heavy (non-hydrogen) atoms. The van der Waals surface area contributed by atoms with E-state index in [-0.39, 0.29) is 5.92 Å². The number of anilines is 1. The van der Waals surface area contributed by atoms with Crippen LogP contribution in [0.1, 0.15) is 44.1 Å². The number of rotatable bonds is 1. The Kier molecular flexibility index (Phi) is 3.69. The molecule has 1 spiro atoms. The van der Waals surface area contributed by atoms with Crippen molar-refractivity contribution in [1.29, 1.82) is 0 Å². The van der Waals surface area contributed by atoms with Gasteiger partial charge in [-0.2, -0.15) is 0 Å². The molecule has 1 aromatic rings. The van der Waals surface area contributed by atoms with Crippen molar-refractivity contribution in [3.8, 4) is 0 Å². The lowest BCUT2D eigenvalue weighted by Gasteiger charge is -2.29. The van der Waals surface area contributed by atoms with Crippen LogP contribution in [0.4, 0.5) is 5.69 Å². The van der Waals surface area contributed by atoms with Crippen molar-refractivity contribution in [2.45, 2.75) is 44.9 Å². The zero-order chi connectivity index (χ0) is 15.0. The van der Waals surface area contributed by atoms with E-state index in [0.29, 0.717) is 11.3 Å². The van der Waals surface area contributed by atoms with Gasteiger partial charge in [-0.3, -0.25) is 4.79 Å². The van der Waals surface area contributed by atoms with Crippen molar-refractivity contribution in [2.75, 3.05) is 24.5 Å². The lowest BCUT2D eigenvalue weighted by atomic mass is 9.91. The molecule has 0 radical (unpaired) electrons. The predicted octanol–water partition coefficient (Wildman–Crippen LogP) is 3.14. The summed E-state index contributed by atoms with van der Waals surface area (Å²) in [5, 5.41) is 3.43. The molecule has 1 saturated carbocycles. The Bertz CT molecular complexity index is 562. The van der Waals surface area contributed by atoms with Crippen LogP contribution < -0.4 is 10.2 Å². The van der Waals surface area contributed by atoms with Gasteiger partial charge in [0, 0.05) is 18.2 Å². The number of benzene rings is 1. The molecule has 0 aromatic heterocycles. The van der Waals surface area contributed by atoms with Crippen molar-refractivity contribution in [1.82, 2.24) is 5.32 Å². The van der Waals surface area contributed by atoms with Gasteiger partial charge in [0.15, 0.2) is 0 Å². The molecule has 2 heterocycles. The first kappa shape index (κ1) is 14.3. The maximum Gasteiger partial charge on any atom is 0.230 e. The van der Waals surface area contributed by atoms with E-state index >= 15 is 0 Å². The minimum Gasteiger partial charge on any atom is -0.317 e. The van der Waals surface area contributed by atoms with E-state index in [4.69, 9.17) is 0 Å². The van der Waals surface area contributed by atoms with Crippen molar-refractivity contribution >= 4 is 11.6 Å². The average molecular weight is 298 g/mol. The SMILES string of the molecule is O=C(C1CC12CCNCC2)N1CCCCCc2ccccc21. The fourth-order valence-corrected chi connectivity index (χ4v) is 4.46. The molecule has 0 bridgehead atoms. The highest BCUT2D eigenvalue weighted by molar-refractivity contribution is 5.98. The standard InChI is InChI=1S/C19H26N2O/c22-18(16-14-19(16)9-11-20-12-10-19)21-13-5-1-2-6-15-7-3-4-8-17(15)21/h3-4,7-8,16,20H,1-2,5-6,9-14H2. The molecule has 1 unspecified atom stereocenters. The van der Waals surface area contributed by atoms with Gasteiger partial charge in [0.1, 0.15) is 0 Å². The number of hydrogen-bond acceptors (Lipinski definition) is 2. The van der Waals surface area contributed by atoms with E-state index in [2.05, 4.69) is 34.5 Å². The molecule has 1 aromatic carbocycles. The number of fused-ring (bicyclic) bond motifs is 1. The number of aryl methyl sites for hydroxylation is 1. The summed E-state index contributed by atoms with van der Waals surface area (Å²) in [5.74, 6) is 0.679. The van der Waals surface area contributed by atoms with Crippen LogP contribution in [0.3, 0.4) is 0 Å². The second-order valence-corrected chi connectivity index (χ2v) is 7.30. The highest BCUT2D eigenvalue weighted by Crippen LogP contribution is 2.59. The average Bonchev–Trinajstić information content (AvgIpc) is 3.22. The summed E-state index contributed by atoms with van der Waals surface area (Å²) in [6.07, 6.45) is 8.21. The van der Waals surface area contributed by atoms with E-state index in [9.17, 15) is 4.79 Å². The number of carbonyl (C=O) groups is 1. The van der Waals surface area contributed by atoms with Crippen LogP contribution in [0.5, 0.6) is 0 Å². The summed E-state index contributed by atoms with van der Waals surface area (Å²) in [7, 11) is 0. The van der Waals surface area contributed by atoms with Gasteiger partial charge in [0.2, 0.25) is 5.91 Å². The largest absolute Gasteiger partial charge is 0.317 e. The number of carbonyl (C=O) groups excluding carboxylic acids is 1. The number of piperidine rings is 1. The zero-order valence-electron chi connectivity index (χ0n) is 13.3. The number of hydrogen-bond donors (Lipinski definition) is 1. The number of nitrogens with zero attached hydrogens (tertiary/aromatic N) is 1. The van der Waals surface area contributed by atoms with Gasteiger partial charge in [-0.1, -0.05) is 24.6 Å². The first-order valence-electron chi connectivity index (χ1n) is 8.90. The highest BCUT2D eigenvalue weighted by Gasteiger charge is 2.58. The van der Waals surface area contributed by atoms with Crippen LogP contribution in [-0.2, 0) is 11.2 Å². The molecule has 3 nitrogen and oxygen atoms in total. The molecule has 3 heteroatoms. The molecular formula is C19H26N2O. The number of amides is 1. The second kappa shape index (κ2) is 5.69. The monoisotopic (exact) mass is 298 g/mol. The smallest absolute Gasteiger partial charge is 0.230 e. The third-order valence-corrected chi connectivity index (χ3v) is 5.96. The lowest BCUT2D eigenvalue weighted by molar-refractivity contribution is -0.120. The fourth-order valence-electron chi connectivity index (χ4n) is 4.46. The van der Waals surface area contributed by atoms with E-state index in [1.54, 1.807) is 0 Å². The summed E-state index contributed by atoms with van der Waals surface area (Å²) >= 11 is 0. The normalized spacial score (nSPS) is 26.9. The maximum absolute atomic E-state index is 13.2. The molecule has 2 aliphatic heterocycles. The van der Waals surface area contributed by atoms with Gasteiger partial charge in [-0.05, 0) is 68.7 Å². The Hall–Kier alpha value is -1.35. The number of para-hydroxylation sites is 1. The summed E-state index contributed by atoms with van der Waals surface area (Å²) < 4.78 is 0. The van der Waals surface area contributed by atoms with E-state index in [1.165, 1.54) is 36.9 Å². The molecule has 4 rings (SSSR count). The molecule has 3 aliphatic rings. The minimum absolute atomic E-state index is 0.280. The Balaban J connectivity index is 1.58. The Morgan fingerprint density at radius 3 is 2.82 bits per heavy atom. The molecule has 1 aliphatic carbocycles. The van der Waals surface area contributed by atoms with E-state index < -0.39 is 0 Å². The third kappa shape index (κ3) is 2.45. The Morgan fingerprint density at radius 1 is 1.14 bits per heavy atom. The highest BCUT2D eigenvalue weighted by atomic mass is 16.2. The van der Waals surface area contributed by atoms with E-state index in [0.717, 1.165) is 38.9 Å². The Labute approximate surface area is 133 Å². The van der Waals surface area contributed by atoms with Gasteiger partial charge in [-0.25, -0.2) is 0 Å². The van der Waals surface area contributed by atoms with E-state index in [1.807, 2.05) is 0 Å². The zero-order valence-corrected chi connectivity index (χ0v) is 13.3. The molecule has 2 fully saturated rings. The van der Waals surface area contributed by atoms with Gasteiger partial charge >= 0.3 is 0 Å². The molecular weight excluding hydrogens is 272 g/mol. The van der Waals surface area contributed by atoms with Gasteiger partial charge < -0.3 is 10.2 Å². The molecule has 1 saturated heterocycles. The Morgan fingerprint density at radius 2 is 1.95 bits per heavy atom. The molecule has 1 amide bonds. The molecule has 1 N–H and O–H groups in total. The van der Waals surface area contributed by atoms with Crippen LogP contribution in [-0.4, -0.2) is 25.5 Å². The van der Waals surface area contributed by atoms with Crippen molar-refractivity contribution in [3.05, 3.63) is 29.8 Å². The fraction of sp³-hybridized carbons (Fsp3) is 0.632. The summed E-state index contributed by atoms with van der Waals surface area (Å²) in [5.41, 5.74) is 2.87. The van der Waals surface area contributed by atoms with Crippen molar-refractivity contribution < 1.29 is 4.79 Å². The van der Waals surface area contributed by atoms with Gasteiger partial charge in [-0.15, -0.1) is 0 Å². The van der Waals surface area contributed by atoms with Crippen molar-refractivity contribution in [3.63, 3.8) is 0 Å². The predicted molar refractivity (Wildman–Crippen MR) is 89.0 cm³/mol. The summed E-state index contributed by atoms with van der Waals surface area (Å²) in [6, 6.07) is 8.53. The lowest BCUT2D eigenvalue weighted by Crippen LogP contribution is -2.38. The first-order chi connectivity index (χ1) is 10.8. The third-order valence-electron chi connectivity index (χ3n) is 5.96. The first-order valence-corrected chi connectivity index (χ1v) is 8.90. The topological polar surface area (TPSA) is 32.3 Å². The van der Waals surface area contributed by atoms with Crippen LogP contribution in [0.25, 0.3) is 0 Å². The maximum atomic E-state index is 13.2. The van der Waals surface area contributed by atoms with Crippen LogP contribution >= 0.6 is 0 Å². The quantitative estimate of drug-likeness (QED) is 0.864. The van der Waals surface area contributed by atoms with Crippen LogP contribution in [0.15, 0.2) is 24.3 Å². The molecule has 118 valence electrons. The van der Waals surface area contributed by atoms with Gasteiger partial charge in [0.05, 0.1) is 0 Å². The summed E-state index contributed by atoms with van der Waals surface area (Å²) in [4.78, 5) is 15.3. The number of nitrogens with one attached hydrogen (secondary N) is 1. The van der Waals surface area contributed by atoms with Crippen LogP contribution in [0, 0.1) is 11.3 Å². The molecule has 1 atom stereocenters. The van der Waals surface area contributed by atoms with Crippen molar-refractivity contribution in [2.24, 2.45) is 11.3 Å².